The molecule has 0 fully saturated rings. The highest BCUT2D eigenvalue weighted by Crippen LogP contribution is 2.17. The Hall–Kier alpha value is -1.51. The van der Waals surface area contributed by atoms with Gasteiger partial charge in [-0.25, -0.2) is 0 Å². The fraction of sp³-hybridized carbons (Fsp3) is 0.588. The third-order valence-corrected chi connectivity index (χ3v) is 3.44. The summed E-state index contributed by atoms with van der Waals surface area (Å²) in [4.78, 5) is 0. The van der Waals surface area contributed by atoms with Gasteiger partial charge in [-0.05, 0) is 48.1 Å². The highest BCUT2D eigenvalue weighted by Gasteiger charge is 2.04. The molecule has 3 heteroatoms. The predicted molar refractivity (Wildman–Crippen MR) is 83.8 cm³/mol. The van der Waals surface area contributed by atoms with Gasteiger partial charge in [0.1, 0.15) is 5.75 Å². The molecule has 20 heavy (non-hydrogen) atoms. The summed E-state index contributed by atoms with van der Waals surface area (Å²) in [6, 6.07) is 7.56. The number of oxime groups is 1. The third kappa shape index (κ3) is 7.17. The molecule has 0 saturated heterocycles. The van der Waals surface area contributed by atoms with E-state index in [1.165, 1.54) is 25.5 Å². The zero-order valence-corrected chi connectivity index (χ0v) is 12.9. The molecular formula is C17H27NO2. The average Bonchev–Trinajstić information content (AvgIpc) is 2.40. The topological polar surface area (TPSA) is 41.8 Å². The summed E-state index contributed by atoms with van der Waals surface area (Å²) in [6.45, 7) is 7.61. The van der Waals surface area contributed by atoms with Crippen molar-refractivity contribution in [2.75, 3.05) is 6.61 Å². The number of ether oxygens (including phenoxy) is 1. The fourth-order valence-corrected chi connectivity index (χ4v) is 2.11. The van der Waals surface area contributed by atoms with E-state index < -0.39 is 0 Å². The fourth-order valence-electron chi connectivity index (χ4n) is 2.11. The van der Waals surface area contributed by atoms with Crippen LogP contribution >= 0.6 is 0 Å². The maximum absolute atomic E-state index is 8.43. The van der Waals surface area contributed by atoms with Gasteiger partial charge in [-0.15, -0.1) is 0 Å². The number of nitrogens with zero attached hydrogens (tertiary/aromatic N) is 1. The molecule has 0 aliphatic carbocycles. The van der Waals surface area contributed by atoms with Crippen molar-refractivity contribution in [3.05, 3.63) is 29.8 Å². The molecule has 1 aromatic rings. The van der Waals surface area contributed by atoms with Crippen molar-refractivity contribution in [2.24, 2.45) is 17.0 Å². The maximum atomic E-state index is 8.43. The van der Waals surface area contributed by atoms with Crippen LogP contribution in [0.15, 0.2) is 29.4 Å². The van der Waals surface area contributed by atoms with Gasteiger partial charge in [0.2, 0.25) is 0 Å². The molecule has 1 rings (SSSR count). The Morgan fingerprint density at radius 2 is 1.80 bits per heavy atom. The van der Waals surface area contributed by atoms with E-state index in [0.29, 0.717) is 0 Å². The van der Waals surface area contributed by atoms with Crippen molar-refractivity contribution in [2.45, 2.75) is 46.5 Å². The van der Waals surface area contributed by atoms with Gasteiger partial charge in [0.25, 0.3) is 0 Å². The molecule has 0 spiro atoms. The molecule has 1 atom stereocenters. The number of hydrogen-bond acceptors (Lipinski definition) is 3. The van der Waals surface area contributed by atoms with Gasteiger partial charge in [0.05, 0.1) is 12.8 Å². The van der Waals surface area contributed by atoms with E-state index in [4.69, 9.17) is 9.94 Å². The van der Waals surface area contributed by atoms with Gasteiger partial charge >= 0.3 is 0 Å². The van der Waals surface area contributed by atoms with Crippen LogP contribution in [0.4, 0.5) is 0 Å². The third-order valence-electron chi connectivity index (χ3n) is 3.44. The summed E-state index contributed by atoms with van der Waals surface area (Å²) >= 11 is 0. The monoisotopic (exact) mass is 277 g/mol. The lowest BCUT2D eigenvalue weighted by molar-refractivity contribution is 0.275. The maximum Gasteiger partial charge on any atom is 0.119 e. The Bertz CT molecular complexity index is 384. The lowest BCUT2D eigenvalue weighted by Crippen LogP contribution is -2.04. The van der Waals surface area contributed by atoms with Gasteiger partial charge in [0, 0.05) is 0 Å². The standard InChI is InChI=1S/C17H27NO2/c1-14(2)5-4-6-15(3)11-12-20-17-9-7-16(8-10-17)13-18-19/h7-10,13-15,19H,4-6,11-12H2,1-3H3/b18-13+/t15-/m1/s1. The van der Waals surface area contributed by atoms with E-state index in [2.05, 4.69) is 25.9 Å². The minimum Gasteiger partial charge on any atom is -0.494 e. The van der Waals surface area contributed by atoms with Crippen LogP contribution in [0.5, 0.6) is 5.75 Å². The predicted octanol–water partition coefficient (Wildman–Crippen LogP) is 4.73. The summed E-state index contributed by atoms with van der Waals surface area (Å²) < 4.78 is 5.73. The van der Waals surface area contributed by atoms with Crippen molar-refractivity contribution >= 4 is 6.21 Å². The Kier molecular flexibility index (Phi) is 7.78. The second-order valence-corrected chi connectivity index (χ2v) is 5.88. The van der Waals surface area contributed by atoms with Gasteiger partial charge in [-0.1, -0.05) is 45.2 Å². The molecule has 0 bridgehead atoms. The normalized spacial score (nSPS) is 13.0. The molecule has 0 heterocycles. The van der Waals surface area contributed by atoms with Gasteiger partial charge in [-0.3, -0.25) is 0 Å². The SMILES string of the molecule is CC(C)CCC[C@@H](C)CCOc1ccc(/C=N/O)cc1. The molecule has 3 nitrogen and oxygen atoms in total. The van der Waals surface area contributed by atoms with Crippen LogP contribution in [0, 0.1) is 11.8 Å². The average molecular weight is 277 g/mol. The Balaban J connectivity index is 2.19. The molecule has 0 aliphatic heterocycles. The molecule has 0 unspecified atom stereocenters. The van der Waals surface area contributed by atoms with Crippen LogP contribution in [-0.2, 0) is 0 Å². The van der Waals surface area contributed by atoms with E-state index in [-0.39, 0.29) is 0 Å². The Labute approximate surface area is 122 Å². The van der Waals surface area contributed by atoms with Gasteiger partial charge in [-0.2, -0.15) is 0 Å². The number of hydrogen-bond donors (Lipinski definition) is 1. The first kappa shape index (κ1) is 16.5. The zero-order chi connectivity index (χ0) is 14.8. The van der Waals surface area contributed by atoms with Crippen LogP contribution in [0.2, 0.25) is 0 Å². The Morgan fingerprint density at radius 1 is 1.10 bits per heavy atom. The molecule has 0 aliphatic rings. The van der Waals surface area contributed by atoms with E-state index in [0.717, 1.165) is 36.2 Å². The van der Waals surface area contributed by atoms with Crippen molar-refractivity contribution in [3.8, 4) is 5.75 Å². The molecule has 112 valence electrons. The van der Waals surface area contributed by atoms with E-state index >= 15 is 0 Å². The molecular weight excluding hydrogens is 250 g/mol. The summed E-state index contributed by atoms with van der Waals surface area (Å²) in [5.74, 6) is 2.39. The van der Waals surface area contributed by atoms with Crippen LogP contribution in [0.1, 0.15) is 52.0 Å². The quantitative estimate of drug-likeness (QED) is 0.403. The molecule has 1 N–H and O–H groups in total. The molecule has 0 saturated carbocycles. The summed E-state index contributed by atoms with van der Waals surface area (Å²) in [5.41, 5.74) is 0.863. The van der Waals surface area contributed by atoms with Gasteiger partial charge in [0.15, 0.2) is 0 Å². The van der Waals surface area contributed by atoms with Crippen molar-refractivity contribution in [3.63, 3.8) is 0 Å². The number of benzene rings is 1. The van der Waals surface area contributed by atoms with Crippen molar-refractivity contribution in [1.29, 1.82) is 0 Å². The lowest BCUT2D eigenvalue weighted by Gasteiger charge is -2.13. The molecule has 0 aromatic heterocycles. The van der Waals surface area contributed by atoms with Crippen molar-refractivity contribution < 1.29 is 9.94 Å². The van der Waals surface area contributed by atoms with Crippen LogP contribution < -0.4 is 4.74 Å². The second-order valence-electron chi connectivity index (χ2n) is 5.88. The lowest BCUT2D eigenvalue weighted by atomic mass is 9.98. The first-order valence-corrected chi connectivity index (χ1v) is 7.52. The molecule has 1 aromatic carbocycles. The van der Waals surface area contributed by atoms with Crippen LogP contribution in [-0.4, -0.2) is 18.0 Å². The summed E-state index contributed by atoms with van der Waals surface area (Å²) in [5, 5.41) is 11.4. The zero-order valence-electron chi connectivity index (χ0n) is 12.9. The first-order valence-electron chi connectivity index (χ1n) is 7.52. The van der Waals surface area contributed by atoms with E-state index in [9.17, 15) is 0 Å². The largest absolute Gasteiger partial charge is 0.494 e. The van der Waals surface area contributed by atoms with Crippen LogP contribution in [0.25, 0.3) is 0 Å². The number of rotatable bonds is 9. The van der Waals surface area contributed by atoms with E-state index in [1.807, 2.05) is 24.3 Å². The smallest absolute Gasteiger partial charge is 0.119 e. The second kappa shape index (κ2) is 9.40. The summed E-state index contributed by atoms with van der Waals surface area (Å²) in [6.07, 6.45) is 6.42. The molecule has 0 radical (unpaired) electrons. The Morgan fingerprint density at radius 3 is 2.40 bits per heavy atom. The van der Waals surface area contributed by atoms with Crippen LogP contribution in [0.3, 0.4) is 0 Å². The minimum absolute atomic E-state index is 0.717. The minimum atomic E-state index is 0.717. The molecule has 0 amide bonds. The highest BCUT2D eigenvalue weighted by molar-refractivity contribution is 5.79. The highest BCUT2D eigenvalue weighted by atomic mass is 16.5. The first-order chi connectivity index (χ1) is 9.61. The van der Waals surface area contributed by atoms with E-state index in [1.54, 1.807) is 0 Å². The summed E-state index contributed by atoms with van der Waals surface area (Å²) in [7, 11) is 0. The van der Waals surface area contributed by atoms with Crippen molar-refractivity contribution in [1.82, 2.24) is 0 Å². The van der Waals surface area contributed by atoms with Gasteiger partial charge < -0.3 is 9.94 Å².